The molecule has 0 aliphatic carbocycles. The Kier molecular flexibility index (Phi) is 3.97. The number of amides is 1. The van der Waals surface area contributed by atoms with Crippen molar-refractivity contribution in [1.29, 1.82) is 0 Å². The Bertz CT molecular complexity index is 926. The highest BCUT2D eigenvalue weighted by Crippen LogP contribution is 2.33. The Hall–Kier alpha value is -2.73. The van der Waals surface area contributed by atoms with E-state index < -0.39 is 0 Å². The van der Waals surface area contributed by atoms with Crippen LogP contribution in [0.2, 0.25) is 5.02 Å². The maximum Gasteiger partial charge on any atom is 0.258 e. The van der Waals surface area contributed by atoms with Gasteiger partial charge in [-0.2, -0.15) is 4.98 Å². The number of anilines is 1. The number of rotatable bonds is 3. The van der Waals surface area contributed by atoms with Crippen molar-refractivity contribution in [2.75, 3.05) is 11.4 Å². The number of benzene rings is 1. The molecule has 1 aliphatic heterocycles. The summed E-state index contributed by atoms with van der Waals surface area (Å²) in [5.41, 5.74) is 2.58. The third-order valence-electron chi connectivity index (χ3n) is 4.33. The minimum atomic E-state index is -0.105. The predicted molar refractivity (Wildman–Crippen MR) is 93.4 cm³/mol. The van der Waals surface area contributed by atoms with Crippen LogP contribution in [-0.4, -0.2) is 27.6 Å². The molecule has 0 radical (unpaired) electrons. The highest BCUT2D eigenvalue weighted by molar-refractivity contribution is 6.31. The zero-order chi connectivity index (χ0) is 17.4. The Morgan fingerprint density at radius 1 is 1.24 bits per heavy atom. The summed E-state index contributed by atoms with van der Waals surface area (Å²) in [6.07, 6.45) is 3.68. The summed E-state index contributed by atoms with van der Waals surface area (Å²) in [5, 5.41) is 4.70. The molecule has 1 aromatic carbocycles. The van der Waals surface area contributed by atoms with Crippen LogP contribution >= 0.6 is 11.6 Å². The standard InChI is InChI=1S/C18H15ClN4O2/c1-11-2-3-14(9-15(11)19)23-10-13(8-16(23)24)17-21-18(25-22-17)12-4-6-20-7-5-12/h2-7,9,13H,8,10H2,1H3. The number of hydrogen-bond acceptors (Lipinski definition) is 5. The van der Waals surface area contributed by atoms with Gasteiger partial charge in [-0.1, -0.05) is 22.8 Å². The molecule has 1 fully saturated rings. The van der Waals surface area contributed by atoms with Crippen LogP contribution in [0, 0.1) is 6.92 Å². The maximum atomic E-state index is 12.4. The number of aromatic nitrogens is 3. The van der Waals surface area contributed by atoms with Gasteiger partial charge in [0.25, 0.3) is 5.89 Å². The lowest BCUT2D eigenvalue weighted by Crippen LogP contribution is -2.24. The van der Waals surface area contributed by atoms with E-state index in [9.17, 15) is 4.79 Å². The highest BCUT2D eigenvalue weighted by atomic mass is 35.5. The fourth-order valence-electron chi connectivity index (χ4n) is 2.89. The van der Waals surface area contributed by atoms with Crippen molar-refractivity contribution in [2.45, 2.75) is 19.3 Å². The average molecular weight is 355 g/mol. The second kappa shape index (κ2) is 6.29. The van der Waals surface area contributed by atoms with Crippen molar-refractivity contribution < 1.29 is 9.32 Å². The third-order valence-corrected chi connectivity index (χ3v) is 4.73. The Labute approximate surface area is 149 Å². The first-order valence-electron chi connectivity index (χ1n) is 7.92. The summed E-state index contributed by atoms with van der Waals surface area (Å²) in [6, 6.07) is 9.24. The molecule has 0 N–H and O–H groups in total. The molecule has 3 aromatic rings. The fraction of sp³-hybridized carbons (Fsp3) is 0.222. The largest absolute Gasteiger partial charge is 0.334 e. The topological polar surface area (TPSA) is 72.1 Å². The molecule has 0 saturated carbocycles. The van der Waals surface area contributed by atoms with Crippen LogP contribution < -0.4 is 4.90 Å². The molecule has 1 unspecified atom stereocenters. The molecule has 1 aliphatic rings. The van der Waals surface area contributed by atoms with Gasteiger partial charge >= 0.3 is 0 Å². The molecular weight excluding hydrogens is 340 g/mol. The van der Waals surface area contributed by atoms with Gasteiger partial charge in [0.1, 0.15) is 0 Å². The number of aryl methyl sites for hydroxylation is 1. The van der Waals surface area contributed by atoms with Gasteiger partial charge in [0.15, 0.2) is 5.82 Å². The number of hydrogen-bond donors (Lipinski definition) is 0. The SMILES string of the molecule is Cc1ccc(N2CC(c3noc(-c4ccncc4)n3)CC2=O)cc1Cl. The third kappa shape index (κ3) is 3.00. The zero-order valence-electron chi connectivity index (χ0n) is 13.5. The van der Waals surface area contributed by atoms with Crippen molar-refractivity contribution in [2.24, 2.45) is 0 Å². The maximum absolute atomic E-state index is 12.4. The number of carbonyl (C=O) groups is 1. The van der Waals surface area contributed by atoms with Crippen molar-refractivity contribution in [3.8, 4) is 11.5 Å². The van der Waals surface area contributed by atoms with Crippen LogP contribution in [-0.2, 0) is 4.79 Å². The lowest BCUT2D eigenvalue weighted by Gasteiger charge is -2.17. The molecule has 0 bridgehead atoms. The van der Waals surface area contributed by atoms with E-state index in [4.69, 9.17) is 16.1 Å². The lowest BCUT2D eigenvalue weighted by atomic mass is 10.1. The van der Waals surface area contributed by atoms with Gasteiger partial charge in [0, 0.05) is 47.6 Å². The van der Waals surface area contributed by atoms with Crippen molar-refractivity contribution in [3.63, 3.8) is 0 Å². The van der Waals surface area contributed by atoms with Gasteiger partial charge in [0.2, 0.25) is 5.91 Å². The van der Waals surface area contributed by atoms with Gasteiger partial charge in [-0.05, 0) is 36.8 Å². The van der Waals surface area contributed by atoms with Gasteiger partial charge in [-0.3, -0.25) is 9.78 Å². The fourth-order valence-corrected chi connectivity index (χ4v) is 3.07. The van der Waals surface area contributed by atoms with Crippen LogP contribution in [0.5, 0.6) is 0 Å². The molecule has 25 heavy (non-hydrogen) atoms. The molecule has 4 rings (SSSR count). The van der Waals surface area contributed by atoms with Crippen molar-refractivity contribution in [3.05, 3.63) is 59.1 Å². The van der Waals surface area contributed by atoms with Crippen LogP contribution in [0.4, 0.5) is 5.69 Å². The summed E-state index contributed by atoms with van der Waals surface area (Å²) < 4.78 is 5.33. The summed E-state index contributed by atoms with van der Waals surface area (Å²) in [7, 11) is 0. The lowest BCUT2D eigenvalue weighted by molar-refractivity contribution is -0.117. The summed E-state index contributed by atoms with van der Waals surface area (Å²) >= 11 is 6.18. The molecule has 1 atom stereocenters. The second-order valence-corrected chi connectivity index (χ2v) is 6.44. The normalized spacial score (nSPS) is 17.3. The smallest absolute Gasteiger partial charge is 0.258 e. The second-order valence-electron chi connectivity index (χ2n) is 6.03. The summed E-state index contributed by atoms with van der Waals surface area (Å²) in [5.74, 6) is 0.898. The predicted octanol–water partition coefficient (Wildman–Crippen LogP) is 3.61. The van der Waals surface area contributed by atoms with E-state index in [0.29, 0.717) is 29.7 Å². The minimum absolute atomic E-state index is 0.0279. The number of carbonyl (C=O) groups excluding carboxylic acids is 1. The first-order valence-corrected chi connectivity index (χ1v) is 8.30. The molecule has 126 valence electrons. The van der Waals surface area contributed by atoms with Crippen LogP contribution in [0.3, 0.4) is 0 Å². The van der Waals surface area contributed by atoms with Crippen molar-refractivity contribution >= 4 is 23.2 Å². The molecule has 1 saturated heterocycles. The Morgan fingerprint density at radius 2 is 2.04 bits per heavy atom. The van der Waals surface area contributed by atoms with E-state index in [-0.39, 0.29) is 11.8 Å². The van der Waals surface area contributed by atoms with E-state index in [1.165, 1.54) is 0 Å². The van der Waals surface area contributed by atoms with Gasteiger partial charge in [0.05, 0.1) is 0 Å². The molecule has 6 nitrogen and oxygen atoms in total. The van der Waals surface area contributed by atoms with E-state index in [2.05, 4.69) is 15.1 Å². The quantitative estimate of drug-likeness (QED) is 0.718. The van der Waals surface area contributed by atoms with E-state index in [1.54, 1.807) is 29.4 Å². The first-order chi connectivity index (χ1) is 12.1. The van der Waals surface area contributed by atoms with E-state index in [1.807, 2.05) is 25.1 Å². The molecule has 3 heterocycles. The van der Waals surface area contributed by atoms with Crippen LogP contribution in [0.1, 0.15) is 23.7 Å². The van der Waals surface area contributed by atoms with E-state index in [0.717, 1.165) is 16.8 Å². The zero-order valence-corrected chi connectivity index (χ0v) is 14.3. The van der Waals surface area contributed by atoms with Crippen molar-refractivity contribution in [1.82, 2.24) is 15.1 Å². The molecule has 1 amide bonds. The average Bonchev–Trinajstić information content (AvgIpc) is 3.25. The molecule has 7 heteroatoms. The molecular formula is C18H15ClN4O2. The number of halogens is 1. The Balaban J connectivity index is 1.56. The monoisotopic (exact) mass is 354 g/mol. The van der Waals surface area contributed by atoms with E-state index >= 15 is 0 Å². The van der Waals surface area contributed by atoms with Gasteiger partial charge < -0.3 is 9.42 Å². The Morgan fingerprint density at radius 3 is 2.80 bits per heavy atom. The summed E-state index contributed by atoms with van der Waals surface area (Å²) in [6.45, 7) is 2.44. The van der Waals surface area contributed by atoms with Crippen LogP contribution in [0.15, 0.2) is 47.2 Å². The number of nitrogens with zero attached hydrogens (tertiary/aromatic N) is 4. The highest BCUT2D eigenvalue weighted by Gasteiger charge is 2.34. The van der Waals surface area contributed by atoms with Gasteiger partial charge in [-0.25, -0.2) is 0 Å². The van der Waals surface area contributed by atoms with Gasteiger partial charge in [-0.15, -0.1) is 0 Å². The summed E-state index contributed by atoms with van der Waals surface area (Å²) in [4.78, 5) is 22.6. The first kappa shape index (κ1) is 15.8. The minimum Gasteiger partial charge on any atom is -0.334 e. The number of pyridine rings is 1. The molecule has 2 aromatic heterocycles. The molecule has 0 spiro atoms. The van der Waals surface area contributed by atoms with Crippen LogP contribution in [0.25, 0.3) is 11.5 Å².